The number of benzene rings is 2. The first-order valence-electron chi connectivity index (χ1n) is 9.45. The Morgan fingerprint density at radius 1 is 0.815 bits per heavy atom. The molecule has 2 aromatic rings. The van der Waals surface area contributed by atoms with Gasteiger partial charge in [0.25, 0.3) is 0 Å². The summed E-state index contributed by atoms with van der Waals surface area (Å²) in [4.78, 5) is 0. The Bertz CT molecular complexity index is 1300. The quantitative estimate of drug-likeness (QED) is 0.415. The Balaban J connectivity index is 0.00000131. The summed E-state index contributed by atoms with van der Waals surface area (Å²) in [6.45, 7) is 4.69. The third-order valence-corrected chi connectivity index (χ3v) is 36.2. The average Bonchev–Trinajstić information content (AvgIpc) is 3.13. The number of allylic oxidation sites excluding steroid dienone is 4. The number of hydrogen-bond donors (Lipinski definition) is 0. The third-order valence-electron chi connectivity index (χ3n) is 7.11. The van der Waals surface area contributed by atoms with Gasteiger partial charge in [0.05, 0.1) is 0 Å². The summed E-state index contributed by atoms with van der Waals surface area (Å²) < 4.78 is 13.9. The maximum absolute atomic E-state index is 4.74. The molecule has 2 aliphatic rings. The van der Waals surface area contributed by atoms with E-state index in [2.05, 4.69) is 93.0 Å². The van der Waals surface area contributed by atoms with E-state index in [-0.39, 0.29) is 24.8 Å². The van der Waals surface area contributed by atoms with E-state index in [1.54, 1.807) is 12.1 Å². The SMILES string of the molecule is Cl.Cl.[CH3][Zr]([CH3])([CH3])([CH3])(=[SiH2])(=[SiH2])([C]1=CC=CC1)[c]1cccc2c1Cc1ccccc1-2. The second kappa shape index (κ2) is 4.76. The Morgan fingerprint density at radius 3 is 2.07 bits per heavy atom. The molecule has 0 N–H and O–H groups in total. The van der Waals surface area contributed by atoms with Gasteiger partial charge in [-0.3, -0.25) is 0 Å². The van der Waals surface area contributed by atoms with Gasteiger partial charge in [0, 0.05) is 0 Å². The van der Waals surface area contributed by atoms with Gasteiger partial charge in [-0.1, -0.05) is 0 Å². The standard InChI is InChI=1S/C13H9.C5H5.4CH3.2ClH.2H2Si.Zr/c1-3-7-12-10(5-1)9-11-6-2-4-8-13(11)12;1-2-4-5-3-1;;;;;;;;;/h1-5,7-8H,9H2;1-3H,4H2;4*1H3;2*1H;2*1H2;. The van der Waals surface area contributed by atoms with Crippen LogP contribution >= 0.6 is 24.8 Å². The van der Waals surface area contributed by atoms with Crippen LogP contribution in [0.4, 0.5) is 0 Å². The minimum absolute atomic E-state index is 0. The van der Waals surface area contributed by atoms with Crippen molar-refractivity contribution in [3.63, 3.8) is 0 Å². The Morgan fingerprint density at radius 2 is 1.44 bits per heavy atom. The van der Waals surface area contributed by atoms with E-state index in [9.17, 15) is 0 Å². The predicted molar refractivity (Wildman–Crippen MR) is 131 cm³/mol. The van der Waals surface area contributed by atoms with Crippen molar-refractivity contribution in [1.29, 1.82) is 0 Å². The van der Waals surface area contributed by atoms with Crippen molar-refractivity contribution in [3.05, 3.63) is 75.1 Å². The van der Waals surface area contributed by atoms with Crippen LogP contribution in [0.1, 0.15) is 17.5 Å². The molecule has 5 heteroatoms. The van der Waals surface area contributed by atoms with Gasteiger partial charge in [0.15, 0.2) is 0 Å². The Labute approximate surface area is 169 Å². The molecule has 0 spiro atoms. The zero-order chi connectivity index (χ0) is 18.3. The average molecular weight is 515 g/mol. The second-order valence-electron chi connectivity index (χ2n) is 13.9. The Hall–Kier alpha value is -0.183. The molecule has 0 radical (unpaired) electrons. The third kappa shape index (κ3) is 3.18. The summed E-state index contributed by atoms with van der Waals surface area (Å²) >= 11 is -4.74. The molecule has 0 aromatic heterocycles. The molecule has 0 heterocycles. The van der Waals surface area contributed by atoms with Gasteiger partial charge >= 0.3 is 146 Å². The molecule has 0 aliphatic heterocycles. The fraction of sp³-hybridized carbons (Fsp3) is 0.273. The number of hydrogen-bond acceptors (Lipinski definition) is 0. The maximum atomic E-state index is 2.65. The van der Waals surface area contributed by atoms with E-state index >= 15 is 0 Å². The molecule has 0 nitrogen and oxygen atoms in total. The topological polar surface area (TPSA) is 0 Å². The van der Waals surface area contributed by atoms with E-state index in [0.717, 1.165) is 12.8 Å². The first kappa shape index (κ1) is 23.1. The van der Waals surface area contributed by atoms with Crippen LogP contribution < -0.4 is 3.27 Å². The van der Waals surface area contributed by atoms with Gasteiger partial charge < -0.3 is 0 Å². The number of rotatable bonds is 2. The second-order valence-corrected chi connectivity index (χ2v) is 114. The van der Waals surface area contributed by atoms with E-state index in [4.69, 9.17) is 0 Å². The molecule has 0 amide bonds. The van der Waals surface area contributed by atoms with Crippen LogP contribution in [0.25, 0.3) is 11.1 Å². The zero-order valence-electron chi connectivity index (χ0n) is 16.9. The molecular formula is C22H32Cl2Si2Zr. The number of halogens is 2. The molecule has 0 unspecified atom stereocenters. The van der Waals surface area contributed by atoms with Crippen LogP contribution in [0.15, 0.2) is 64.0 Å². The molecule has 146 valence electrons. The summed E-state index contributed by atoms with van der Waals surface area (Å²) in [5, 5.41) is 0. The van der Waals surface area contributed by atoms with Crippen molar-refractivity contribution >= 4 is 41.8 Å². The summed E-state index contributed by atoms with van der Waals surface area (Å²) in [5.74, 6) is 0. The van der Waals surface area contributed by atoms with Gasteiger partial charge in [-0.25, -0.2) is 0 Å². The molecule has 0 fully saturated rings. The normalized spacial score (nSPS) is 20.4. The fourth-order valence-corrected chi connectivity index (χ4v) is 26.6. The molecule has 0 atom stereocenters. The van der Waals surface area contributed by atoms with Crippen LogP contribution in [0.2, 0.25) is 18.5 Å². The summed E-state index contributed by atoms with van der Waals surface area (Å²) in [5.41, 5.74) is 5.93. The van der Waals surface area contributed by atoms with E-state index in [1.165, 1.54) is 16.7 Å². The summed E-state index contributed by atoms with van der Waals surface area (Å²) in [7, 11) is 0. The monoisotopic (exact) mass is 512 g/mol. The van der Waals surface area contributed by atoms with Crippen LogP contribution in [0, 0.1) is 0 Å². The first-order valence-corrected chi connectivity index (χ1v) is 33.6. The molecule has 0 saturated carbocycles. The van der Waals surface area contributed by atoms with Gasteiger partial charge in [-0.05, 0) is 0 Å². The minimum atomic E-state index is -4.74. The molecule has 2 aromatic carbocycles. The number of fused-ring (bicyclic) bond motifs is 3. The van der Waals surface area contributed by atoms with E-state index in [0.29, 0.717) is 0 Å². The molecule has 27 heavy (non-hydrogen) atoms. The molecule has 2 aliphatic carbocycles. The van der Waals surface area contributed by atoms with Crippen molar-refractivity contribution in [3.8, 4) is 11.1 Å². The zero-order valence-corrected chi connectivity index (χ0v) is 23.8. The van der Waals surface area contributed by atoms with Crippen LogP contribution in [-0.4, -0.2) is 13.8 Å². The van der Waals surface area contributed by atoms with E-state index < -0.39 is 11.6 Å². The van der Waals surface area contributed by atoms with Crippen LogP contribution in [0.3, 0.4) is 0 Å². The van der Waals surface area contributed by atoms with Crippen molar-refractivity contribution in [1.82, 2.24) is 0 Å². The summed E-state index contributed by atoms with van der Waals surface area (Å²) in [6, 6.07) is 16.0. The molecule has 4 rings (SSSR count). The van der Waals surface area contributed by atoms with Crippen molar-refractivity contribution in [2.75, 3.05) is 0 Å². The van der Waals surface area contributed by atoms with Crippen LogP contribution in [-0.2, 0) is 18.0 Å². The molecule has 0 saturated heterocycles. The molecular weight excluding hydrogens is 483 g/mol. The van der Waals surface area contributed by atoms with E-state index in [1.807, 2.05) is 0 Å². The molecule has 0 bridgehead atoms. The van der Waals surface area contributed by atoms with Gasteiger partial charge in [0.2, 0.25) is 0 Å². The Kier molecular flexibility index (Phi) is 4.07. The van der Waals surface area contributed by atoms with Crippen molar-refractivity contribution in [2.24, 2.45) is 0 Å². The summed E-state index contributed by atoms with van der Waals surface area (Å²) in [6.07, 6.45) is 9.18. The van der Waals surface area contributed by atoms with Gasteiger partial charge in [-0.15, -0.1) is 24.8 Å². The van der Waals surface area contributed by atoms with Crippen molar-refractivity contribution in [2.45, 2.75) is 31.4 Å². The van der Waals surface area contributed by atoms with Gasteiger partial charge in [0.1, 0.15) is 0 Å². The van der Waals surface area contributed by atoms with Gasteiger partial charge in [-0.2, -0.15) is 0 Å². The van der Waals surface area contributed by atoms with Crippen LogP contribution in [0.5, 0.6) is 0 Å². The first-order chi connectivity index (χ1) is 11.1. The van der Waals surface area contributed by atoms with Crippen molar-refractivity contribution < 1.29 is 11.6 Å². The fourth-order valence-electron chi connectivity index (χ4n) is 5.26. The predicted octanol–water partition coefficient (Wildman–Crippen LogP) is 5.16.